The molecule has 0 aliphatic rings. The van der Waals surface area contributed by atoms with Crippen molar-refractivity contribution in [1.29, 1.82) is 0 Å². The van der Waals surface area contributed by atoms with Crippen molar-refractivity contribution >= 4 is 6.01 Å². The SMILES string of the molecule is Cc1cnc(NCc2cnnn2C)o1. The van der Waals surface area contributed by atoms with Crippen LogP contribution >= 0.6 is 0 Å². The van der Waals surface area contributed by atoms with Gasteiger partial charge in [0.2, 0.25) is 0 Å². The molecule has 0 fully saturated rings. The van der Waals surface area contributed by atoms with Gasteiger partial charge in [-0.1, -0.05) is 5.21 Å². The molecule has 6 nitrogen and oxygen atoms in total. The van der Waals surface area contributed by atoms with E-state index in [1.54, 1.807) is 17.1 Å². The molecule has 2 aromatic rings. The van der Waals surface area contributed by atoms with Gasteiger partial charge < -0.3 is 9.73 Å². The minimum atomic E-state index is 0.517. The maximum Gasteiger partial charge on any atom is 0.295 e. The van der Waals surface area contributed by atoms with Crippen LogP contribution in [0.3, 0.4) is 0 Å². The highest BCUT2D eigenvalue weighted by Gasteiger charge is 2.02. The number of hydrogen-bond donors (Lipinski definition) is 1. The summed E-state index contributed by atoms with van der Waals surface area (Å²) in [7, 11) is 1.84. The number of rotatable bonds is 3. The first-order valence-corrected chi connectivity index (χ1v) is 4.25. The molecule has 74 valence electrons. The standard InChI is InChI=1S/C8H11N5O/c1-6-3-9-8(14-6)10-4-7-5-11-12-13(7)2/h3,5H,4H2,1-2H3,(H,9,10). The fourth-order valence-corrected chi connectivity index (χ4v) is 1.07. The highest BCUT2D eigenvalue weighted by Crippen LogP contribution is 2.08. The smallest absolute Gasteiger partial charge is 0.295 e. The van der Waals surface area contributed by atoms with E-state index in [4.69, 9.17) is 4.42 Å². The van der Waals surface area contributed by atoms with Gasteiger partial charge in [0.05, 0.1) is 24.6 Å². The average molecular weight is 193 g/mol. The Labute approximate surface area is 80.9 Å². The molecular weight excluding hydrogens is 182 g/mol. The molecule has 2 rings (SSSR count). The lowest BCUT2D eigenvalue weighted by Gasteiger charge is -2.00. The number of oxazole rings is 1. The van der Waals surface area contributed by atoms with E-state index < -0.39 is 0 Å². The lowest BCUT2D eigenvalue weighted by molar-refractivity contribution is 0.538. The van der Waals surface area contributed by atoms with Gasteiger partial charge in [-0.3, -0.25) is 4.68 Å². The summed E-state index contributed by atoms with van der Waals surface area (Å²) in [5, 5.41) is 10.6. The average Bonchev–Trinajstić information content (AvgIpc) is 2.72. The molecule has 0 aromatic carbocycles. The maximum absolute atomic E-state index is 5.25. The molecule has 0 spiro atoms. The minimum absolute atomic E-state index is 0.517. The molecule has 0 saturated heterocycles. The second-order valence-electron chi connectivity index (χ2n) is 2.98. The molecule has 6 heteroatoms. The van der Waals surface area contributed by atoms with Crippen molar-refractivity contribution in [3.8, 4) is 0 Å². The van der Waals surface area contributed by atoms with E-state index in [-0.39, 0.29) is 0 Å². The lowest BCUT2D eigenvalue weighted by atomic mass is 10.5. The third-order valence-electron chi connectivity index (χ3n) is 1.85. The highest BCUT2D eigenvalue weighted by molar-refractivity contribution is 5.21. The Kier molecular flexibility index (Phi) is 2.18. The zero-order chi connectivity index (χ0) is 9.97. The van der Waals surface area contributed by atoms with E-state index >= 15 is 0 Å². The van der Waals surface area contributed by atoms with E-state index in [0.29, 0.717) is 12.6 Å². The molecule has 2 aromatic heterocycles. The fraction of sp³-hybridized carbons (Fsp3) is 0.375. The Morgan fingerprint density at radius 2 is 2.36 bits per heavy atom. The predicted molar refractivity (Wildman–Crippen MR) is 49.6 cm³/mol. The molecule has 0 saturated carbocycles. The van der Waals surface area contributed by atoms with E-state index in [2.05, 4.69) is 20.6 Å². The molecule has 14 heavy (non-hydrogen) atoms. The third kappa shape index (κ3) is 1.73. The molecule has 1 N–H and O–H groups in total. The van der Waals surface area contributed by atoms with Gasteiger partial charge in [0.25, 0.3) is 6.01 Å². The van der Waals surface area contributed by atoms with Crippen LogP contribution < -0.4 is 5.32 Å². The Morgan fingerprint density at radius 3 is 2.93 bits per heavy atom. The van der Waals surface area contributed by atoms with Crippen molar-refractivity contribution in [2.75, 3.05) is 5.32 Å². The predicted octanol–water partition coefficient (Wildman–Crippen LogP) is 0.724. The molecule has 0 amide bonds. The molecule has 0 radical (unpaired) electrons. The Hall–Kier alpha value is -1.85. The Balaban J connectivity index is 1.98. The first-order chi connectivity index (χ1) is 6.75. The van der Waals surface area contributed by atoms with Gasteiger partial charge in [0, 0.05) is 7.05 Å². The van der Waals surface area contributed by atoms with Gasteiger partial charge in [0.15, 0.2) is 0 Å². The molecule has 2 heterocycles. The highest BCUT2D eigenvalue weighted by atomic mass is 16.4. The van der Waals surface area contributed by atoms with Crippen LogP contribution in [-0.4, -0.2) is 20.0 Å². The number of nitrogens with zero attached hydrogens (tertiary/aromatic N) is 4. The number of hydrogen-bond acceptors (Lipinski definition) is 5. The van der Waals surface area contributed by atoms with Crippen molar-refractivity contribution < 1.29 is 4.42 Å². The van der Waals surface area contributed by atoms with Gasteiger partial charge >= 0.3 is 0 Å². The zero-order valence-corrected chi connectivity index (χ0v) is 8.06. The van der Waals surface area contributed by atoms with Crippen LogP contribution in [-0.2, 0) is 13.6 Å². The molecule has 0 aliphatic carbocycles. The second kappa shape index (κ2) is 3.49. The second-order valence-corrected chi connectivity index (χ2v) is 2.98. The van der Waals surface area contributed by atoms with Crippen LogP contribution in [0.25, 0.3) is 0 Å². The number of anilines is 1. The van der Waals surface area contributed by atoms with Crippen LogP contribution in [0.5, 0.6) is 0 Å². The topological polar surface area (TPSA) is 68.8 Å². The molecule has 0 unspecified atom stereocenters. The first-order valence-electron chi connectivity index (χ1n) is 4.25. The monoisotopic (exact) mass is 193 g/mol. The quantitative estimate of drug-likeness (QED) is 0.778. The third-order valence-corrected chi connectivity index (χ3v) is 1.85. The minimum Gasteiger partial charge on any atom is -0.429 e. The first kappa shape index (κ1) is 8.74. The number of aryl methyl sites for hydroxylation is 2. The lowest BCUT2D eigenvalue weighted by Crippen LogP contribution is -2.05. The van der Waals surface area contributed by atoms with Gasteiger partial charge in [-0.2, -0.15) is 0 Å². The van der Waals surface area contributed by atoms with Crippen LogP contribution in [0.4, 0.5) is 6.01 Å². The molecule has 0 bridgehead atoms. The van der Waals surface area contributed by atoms with Crippen molar-refractivity contribution in [3.05, 3.63) is 23.8 Å². The van der Waals surface area contributed by atoms with E-state index in [1.165, 1.54) is 0 Å². The normalized spacial score (nSPS) is 10.4. The maximum atomic E-state index is 5.25. The fourth-order valence-electron chi connectivity index (χ4n) is 1.07. The van der Waals surface area contributed by atoms with Crippen molar-refractivity contribution in [2.24, 2.45) is 7.05 Å². The van der Waals surface area contributed by atoms with E-state index in [9.17, 15) is 0 Å². The summed E-state index contributed by atoms with van der Waals surface area (Å²) in [6.07, 6.45) is 3.37. The summed E-state index contributed by atoms with van der Waals surface area (Å²) in [5.41, 5.74) is 0.973. The van der Waals surface area contributed by atoms with Crippen LogP contribution in [0, 0.1) is 6.92 Å². The van der Waals surface area contributed by atoms with Crippen LogP contribution in [0.1, 0.15) is 11.5 Å². The molecular formula is C8H11N5O. The summed E-state index contributed by atoms with van der Waals surface area (Å²) in [6, 6.07) is 0.517. The number of aromatic nitrogens is 4. The van der Waals surface area contributed by atoms with E-state index in [0.717, 1.165) is 11.5 Å². The van der Waals surface area contributed by atoms with Gasteiger partial charge in [-0.25, -0.2) is 4.98 Å². The number of nitrogens with one attached hydrogen (secondary N) is 1. The summed E-state index contributed by atoms with van der Waals surface area (Å²) in [6.45, 7) is 2.45. The van der Waals surface area contributed by atoms with Gasteiger partial charge in [0.1, 0.15) is 5.76 Å². The Bertz CT molecular complexity index is 419. The molecule has 0 aliphatic heterocycles. The van der Waals surface area contributed by atoms with E-state index in [1.807, 2.05) is 14.0 Å². The zero-order valence-electron chi connectivity index (χ0n) is 8.06. The Morgan fingerprint density at radius 1 is 1.50 bits per heavy atom. The van der Waals surface area contributed by atoms with Crippen molar-refractivity contribution in [1.82, 2.24) is 20.0 Å². The molecule has 0 atom stereocenters. The van der Waals surface area contributed by atoms with Crippen molar-refractivity contribution in [3.63, 3.8) is 0 Å². The summed E-state index contributed by atoms with van der Waals surface area (Å²) in [4.78, 5) is 4.02. The van der Waals surface area contributed by atoms with Crippen molar-refractivity contribution in [2.45, 2.75) is 13.5 Å². The summed E-state index contributed by atoms with van der Waals surface area (Å²) < 4.78 is 6.95. The van der Waals surface area contributed by atoms with Gasteiger partial charge in [-0.05, 0) is 6.92 Å². The summed E-state index contributed by atoms with van der Waals surface area (Å²) >= 11 is 0. The summed E-state index contributed by atoms with van der Waals surface area (Å²) in [5.74, 6) is 0.788. The van der Waals surface area contributed by atoms with Crippen LogP contribution in [0.15, 0.2) is 16.8 Å². The largest absolute Gasteiger partial charge is 0.429 e. The van der Waals surface area contributed by atoms with Crippen LogP contribution in [0.2, 0.25) is 0 Å². The van der Waals surface area contributed by atoms with Gasteiger partial charge in [-0.15, -0.1) is 5.10 Å².